The number of rotatable bonds is 2. The van der Waals surface area contributed by atoms with E-state index in [1.807, 2.05) is 11.3 Å². The number of thiophene rings is 2. The summed E-state index contributed by atoms with van der Waals surface area (Å²) >= 11 is 3.60. The summed E-state index contributed by atoms with van der Waals surface area (Å²) < 4.78 is 2.69. The minimum absolute atomic E-state index is 0.00907. The molecule has 19 heavy (non-hydrogen) atoms. The molecule has 0 saturated carbocycles. The van der Waals surface area contributed by atoms with Crippen LogP contribution in [0.4, 0.5) is 0 Å². The molecule has 0 spiro atoms. The number of hydrogen-bond donors (Lipinski definition) is 1. The van der Waals surface area contributed by atoms with Crippen LogP contribution in [0.3, 0.4) is 0 Å². The molecule has 1 aromatic carbocycles. The van der Waals surface area contributed by atoms with E-state index < -0.39 is 0 Å². The lowest BCUT2D eigenvalue weighted by atomic mass is 9.94. The quantitative estimate of drug-likeness (QED) is 0.710. The molecule has 0 aliphatic carbocycles. The Morgan fingerprint density at radius 1 is 1.00 bits per heavy atom. The highest BCUT2D eigenvalue weighted by Gasteiger charge is 2.17. The number of hydrogen-bond acceptors (Lipinski definition) is 3. The Labute approximate surface area is 121 Å². The van der Waals surface area contributed by atoms with E-state index >= 15 is 0 Å². The van der Waals surface area contributed by atoms with Gasteiger partial charge in [0, 0.05) is 14.3 Å². The minimum atomic E-state index is -0.00907. The summed E-state index contributed by atoms with van der Waals surface area (Å²) in [7, 11) is 0. The van der Waals surface area contributed by atoms with Crippen molar-refractivity contribution in [3.63, 3.8) is 0 Å². The molecule has 98 valence electrons. The first kappa shape index (κ1) is 12.9. The molecule has 1 nitrogen and oxygen atoms in total. The number of nitrogens with two attached hydrogens (primary N) is 1. The van der Waals surface area contributed by atoms with E-state index in [2.05, 4.69) is 50.4 Å². The third-order valence-electron chi connectivity index (χ3n) is 3.51. The highest BCUT2D eigenvalue weighted by Crippen LogP contribution is 2.36. The van der Waals surface area contributed by atoms with Gasteiger partial charge in [-0.25, -0.2) is 0 Å². The van der Waals surface area contributed by atoms with Gasteiger partial charge < -0.3 is 5.73 Å². The molecule has 0 radical (unpaired) electrons. The van der Waals surface area contributed by atoms with Crippen LogP contribution >= 0.6 is 22.7 Å². The van der Waals surface area contributed by atoms with E-state index in [0.29, 0.717) is 0 Å². The summed E-state index contributed by atoms with van der Waals surface area (Å²) in [5, 5.41) is 2.14. The van der Waals surface area contributed by atoms with Crippen molar-refractivity contribution < 1.29 is 0 Å². The fraction of sp³-hybridized carbons (Fsp3) is 0.250. The average Bonchev–Trinajstić information content (AvgIpc) is 2.86. The first-order valence-corrected chi connectivity index (χ1v) is 8.06. The van der Waals surface area contributed by atoms with Crippen molar-refractivity contribution in [3.05, 3.63) is 56.8 Å². The predicted octanol–water partition coefficient (Wildman–Crippen LogP) is 4.94. The van der Waals surface area contributed by atoms with Crippen molar-refractivity contribution in [2.24, 2.45) is 5.73 Å². The molecule has 2 N–H and O–H groups in total. The van der Waals surface area contributed by atoms with Crippen LogP contribution in [0.5, 0.6) is 0 Å². The summed E-state index contributed by atoms with van der Waals surface area (Å²) in [6, 6.07) is 8.85. The average molecular weight is 287 g/mol. The second-order valence-electron chi connectivity index (χ2n) is 5.09. The van der Waals surface area contributed by atoms with Gasteiger partial charge in [-0.05, 0) is 55.0 Å². The summed E-state index contributed by atoms with van der Waals surface area (Å²) in [6.45, 7) is 6.45. The van der Waals surface area contributed by atoms with Crippen molar-refractivity contribution >= 4 is 32.1 Å². The fourth-order valence-corrected chi connectivity index (χ4v) is 4.89. The van der Waals surface area contributed by atoms with Gasteiger partial charge in [-0.15, -0.1) is 22.7 Å². The van der Waals surface area contributed by atoms with E-state index in [4.69, 9.17) is 5.73 Å². The molecule has 0 saturated heterocycles. The van der Waals surface area contributed by atoms with E-state index in [0.717, 1.165) is 0 Å². The van der Waals surface area contributed by atoms with Gasteiger partial charge in [-0.3, -0.25) is 0 Å². The molecule has 2 aromatic heterocycles. The van der Waals surface area contributed by atoms with Gasteiger partial charge in [0.2, 0.25) is 0 Å². The minimum Gasteiger partial charge on any atom is -0.320 e. The normalized spacial score (nSPS) is 13.1. The van der Waals surface area contributed by atoms with Crippen molar-refractivity contribution in [2.75, 3.05) is 0 Å². The molecule has 0 fully saturated rings. The molecule has 1 atom stereocenters. The van der Waals surface area contributed by atoms with Crippen molar-refractivity contribution in [1.29, 1.82) is 0 Å². The van der Waals surface area contributed by atoms with Gasteiger partial charge in [0.1, 0.15) is 0 Å². The van der Waals surface area contributed by atoms with E-state index in [1.165, 1.54) is 36.5 Å². The first-order chi connectivity index (χ1) is 9.06. The van der Waals surface area contributed by atoms with E-state index in [1.54, 1.807) is 11.3 Å². The number of benzene rings is 1. The molecule has 1 unspecified atom stereocenters. The maximum Gasteiger partial charge on any atom is 0.0651 e. The largest absolute Gasteiger partial charge is 0.320 e. The van der Waals surface area contributed by atoms with Crippen molar-refractivity contribution in [2.45, 2.75) is 26.8 Å². The van der Waals surface area contributed by atoms with Gasteiger partial charge in [0.25, 0.3) is 0 Å². The zero-order valence-corrected chi connectivity index (χ0v) is 13.0. The highest BCUT2D eigenvalue weighted by atomic mass is 32.1. The second-order valence-corrected chi connectivity index (χ2v) is 7.15. The maximum absolute atomic E-state index is 6.51. The number of aryl methyl sites for hydroxylation is 3. The van der Waals surface area contributed by atoms with Gasteiger partial charge in [-0.1, -0.05) is 17.7 Å². The Morgan fingerprint density at radius 3 is 2.32 bits per heavy atom. The SMILES string of the molecule is Cc1cc(C)c(C(N)c2cc3sccc3s2)c(C)c1. The smallest absolute Gasteiger partial charge is 0.0651 e. The van der Waals surface area contributed by atoms with Crippen LogP contribution in [0.2, 0.25) is 0 Å². The summed E-state index contributed by atoms with van der Waals surface area (Å²) in [4.78, 5) is 1.26. The lowest BCUT2D eigenvalue weighted by molar-refractivity contribution is 0.870. The lowest BCUT2D eigenvalue weighted by Crippen LogP contribution is -2.13. The predicted molar refractivity (Wildman–Crippen MR) is 86.4 cm³/mol. The molecule has 0 aliphatic rings. The monoisotopic (exact) mass is 287 g/mol. The van der Waals surface area contributed by atoms with Crippen LogP contribution in [0.1, 0.15) is 33.2 Å². The Morgan fingerprint density at radius 2 is 1.68 bits per heavy atom. The van der Waals surface area contributed by atoms with Crippen LogP contribution in [-0.4, -0.2) is 0 Å². The van der Waals surface area contributed by atoms with Gasteiger partial charge in [0.15, 0.2) is 0 Å². The Hall–Kier alpha value is -1.16. The maximum atomic E-state index is 6.51. The molecule has 3 aromatic rings. The van der Waals surface area contributed by atoms with Crippen LogP contribution in [0, 0.1) is 20.8 Å². The third-order valence-corrected chi connectivity index (χ3v) is 5.69. The highest BCUT2D eigenvalue weighted by molar-refractivity contribution is 7.27. The summed E-state index contributed by atoms with van der Waals surface area (Å²) in [5.41, 5.74) is 11.7. The van der Waals surface area contributed by atoms with Crippen LogP contribution in [0.25, 0.3) is 9.40 Å². The van der Waals surface area contributed by atoms with Crippen LogP contribution in [0.15, 0.2) is 29.6 Å². The van der Waals surface area contributed by atoms with Gasteiger partial charge in [0.05, 0.1) is 6.04 Å². The zero-order chi connectivity index (χ0) is 13.6. The van der Waals surface area contributed by atoms with Crippen molar-refractivity contribution in [3.8, 4) is 0 Å². The topological polar surface area (TPSA) is 26.0 Å². The first-order valence-electron chi connectivity index (χ1n) is 6.36. The number of fused-ring (bicyclic) bond motifs is 1. The third kappa shape index (κ3) is 2.22. The van der Waals surface area contributed by atoms with Gasteiger partial charge in [-0.2, -0.15) is 0 Å². The molecular weight excluding hydrogens is 270 g/mol. The molecule has 0 amide bonds. The van der Waals surface area contributed by atoms with Crippen LogP contribution < -0.4 is 5.73 Å². The Balaban J connectivity index is 2.09. The zero-order valence-electron chi connectivity index (χ0n) is 11.4. The molecule has 0 bridgehead atoms. The summed E-state index contributed by atoms with van der Waals surface area (Å²) in [6.07, 6.45) is 0. The van der Waals surface area contributed by atoms with Crippen molar-refractivity contribution in [1.82, 2.24) is 0 Å². The summed E-state index contributed by atoms with van der Waals surface area (Å²) in [5.74, 6) is 0. The molecule has 3 rings (SSSR count). The lowest BCUT2D eigenvalue weighted by Gasteiger charge is -2.17. The van der Waals surface area contributed by atoms with Gasteiger partial charge >= 0.3 is 0 Å². The molecule has 3 heteroatoms. The second kappa shape index (κ2) is 4.75. The van der Waals surface area contributed by atoms with E-state index in [-0.39, 0.29) is 6.04 Å². The van der Waals surface area contributed by atoms with Crippen LogP contribution in [-0.2, 0) is 0 Å². The molecule has 0 aliphatic heterocycles. The molecule has 2 heterocycles. The standard InChI is InChI=1S/C16H17NS2/c1-9-6-10(2)15(11(3)7-9)16(17)14-8-13-12(19-14)4-5-18-13/h4-8,16H,17H2,1-3H3. The molecular formula is C16H17NS2. The fourth-order valence-electron chi connectivity index (χ4n) is 2.76. The Bertz CT molecular complexity index is 685. The Kier molecular flexibility index (Phi) is 3.21. The van der Waals surface area contributed by atoms with E-state index in [9.17, 15) is 0 Å².